The fourth-order valence-electron chi connectivity index (χ4n) is 2.74. The van der Waals surface area contributed by atoms with Gasteiger partial charge in [0.25, 0.3) is 0 Å². The maximum atomic E-state index is 14.8. The normalized spacial score (nSPS) is 24.0. The van der Waals surface area contributed by atoms with Crippen molar-refractivity contribution in [2.75, 3.05) is 32.5 Å². The van der Waals surface area contributed by atoms with E-state index >= 15 is 0 Å². The Morgan fingerprint density at radius 3 is 2.83 bits per heavy atom. The van der Waals surface area contributed by atoms with Crippen molar-refractivity contribution in [1.29, 1.82) is 0 Å². The topological polar surface area (TPSA) is 85.8 Å². The first-order valence-corrected chi connectivity index (χ1v) is 7.76. The van der Waals surface area contributed by atoms with Crippen LogP contribution in [0.2, 0.25) is 0 Å². The first-order valence-electron chi connectivity index (χ1n) is 6.97. The van der Waals surface area contributed by atoms with E-state index in [0.717, 1.165) is 4.90 Å². The van der Waals surface area contributed by atoms with Crippen molar-refractivity contribution < 1.29 is 19.1 Å². The van der Waals surface area contributed by atoms with Crippen molar-refractivity contribution in [3.8, 4) is 0 Å². The van der Waals surface area contributed by atoms with Gasteiger partial charge in [-0.25, -0.2) is 14.2 Å². The number of aromatic nitrogens is 1. The Kier molecular flexibility index (Phi) is 5.20. The number of carbonyl (C=O) groups is 2. The van der Waals surface area contributed by atoms with Gasteiger partial charge in [-0.15, -0.1) is 0 Å². The van der Waals surface area contributed by atoms with Crippen LogP contribution < -0.4 is 5.32 Å². The number of amides is 2. The molecule has 0 radical (unpaired) electrons. The van der Waals surface area contributed by atoms with Crippen LogP contribution in [-0.2, 0) is 4.79 Å². The van der Waals surface area contributed by atoms with Crippen molar-refractivity contribution in [1.82, 2.24) is 14.8 Å². The maximum absolute atomic E-state index is 14.8. The molecule has 0 bridgehead atoms. The maximum Gasteiger partial charge on any atom is 0.408 e. The van der Waals surface area contributed by atoms with Crippen LogP contribution in [0, 0.1) is 0 Å². The number of rotatable bonds is 4. The molecule has 1 aromatic rings. The fraction of sp³-hybridized carbons (Fsp3) is 0.500. The summed E-state index contributed by atoms with van der Waals surface area (Å²) in [5, 5.41) is 11.8. The summed E-state index contributed by atoms with van der Waals surface area (Å²) < 4.78 is 15.4. The van der Waals surface area contributed by atoms with Crippen molar-refractivity contribution in [2.45, 2.75) is 18.1 Å². The third kappa shape index (κ3) is 4.38. The van der Waals surface area contributed by atoms with Gasteiger partial charge in [0.15, 0.2) is 0 Å². The minimum Gasteiger partial charge on any atom is -0.465 e. The number of carbonyl (C=O) groups excluding carboxylic acids is 1. The number of halogens is 2. The highest BCUT2D eigenvalue weighted by atomic mass is 79.9. The summed E-state index contributed by atoms with van der Waals surface area (Å²) in [7, 11) is 3.40. The van der Waals surface area contributed by atoms with E-state index in [4.69, 9.17) is 0 Å². The average molecular weight is 389 g/mol. The summed E-state index contributed by atoms with van der Waals surface area (Å²) in [6.07, 6.45) is -1.50. The smallest absolute Gasteiger partial charge is 0.408 e. The molecule has 0 aliphatic carbocycles. The van der Waals surface area contributed by atoms with Gasteiger partial charge in [0.1, 0.15) is 22.1 Å². The number of carboxylic acid groups (broad SMARTS) is 1. The second kappa shape index (κ2) is 6.79. The number of nitrogens with one attached hydrogen (secondary N) is 1. The number of pyridine rings is 1. The molecule has 0 aromatic carbocycles. The average Bonchev–Trinajstić information content (AvgIpc) is 2.76. The van der Waals surface area contributed by atoms with Crippen LogP contribution in [0.4, 0.5) is 15.0 Å². The molecule has 2 N–H and O–H groups in total. The van der Waals surface area contributed by atoms with E-state index in [1.807, 2.05) is 0 Å². The van der Waals surface area contributed by atoms with E-state index in [-0.39, 0.29) is 25.3 Å². The van der Waals surface area contributed by atoms with Crippen LogP contribution >= 0.6 is 15.9 Å². The predicted molar refractivity (Wildman–Crippen MR) is 86.1 cm³/mol. The Morgan fingerprint density at radius 1 is 1.57 bits per heavy atom. The summed E-state index contributed by atoms with van der Waals surface area (Å²) in [5.41, 5.74) is -1.76. The molecule has 2 amide bonds. The van der Waals surface area contributed by atoms with Gasteiger partial charge in [0, 0.05) is 13.0 Å². The molecule has 2 rings (SSSR count). The van der Waals surface area contributed by atoms with E-state index in [9.17, 15) is 19.1 Å². The van der Waals surface area contributed by atoms with Gasteiger partial charge in [0.2, 0.25) is 5.91 Å². The lowest BCUT2D eigenvalue weighted by atomic mass is 10.0. The highest BCUT2D eigenvalue weighted by Gasteiger charge is 2.49. The van der Waals surface area contributed by atoms with Gasteiger partial charge in [-0.2, -0.15) is 0 Å². The van der Waals surface area contributed by atoms with Gasteiger partial charge in [-0.3, -0.25) is 9.69 Å². The Bertz CT molecular complexity index is 615. The Balaban J connectivity index is 2.15. The van der Waals surface area contributed by atoms with Gasteiger partial charge in [0.05, 0.1) is 6.54 Å². The molecule has 1 aliphatic heterocycles. The van der Waals surface area contributed by atoms with Crippen LogP contribution in [0.15, 0.2) is 22.8 Å². The lowest BCUT2D eigenvalue weighted by molar-refractivity contribution is -0.120. The summed E-state index contributed by atoms with van der Waals surface area (Å²) in [5.74, 6) is -0.310. The largest absolute Gasteiger partial charge is 0.465 e. The number of likely N-dealkylation sites (tertiary alicyclic amines) is 1. The van der Waals surface area contributed by atoms with Gasteiger partial charge in [-0.05, 0) is 42.2 Å². The minimum atomic E-state index is -1.76. The lowest BCUT2D eigenvalue weighted by Gasteiger charge is -2.23. The summed E-state index contributed by atoms with van der Waals surface area (Å²) in [6, 6.07) is 3.86. The first kappa shape index (κ1) is 17.6. The first-order chi connectivity index (χ1) is 10.7. The summed E-state index contributed by atoms with van der Waals surface area (Å²) >= 11 is 3.18. The van der Waals surface area contributed by atoms with E-state index in [0.29, 0.717) is 4.60 Å². The molecule has 9 heteroatoms. The minimum absolute atomic E-state index is 0.0513. The third-order valence-corrected chi connectivity index (χ3v) is 3.95. The fourth-order valence-corrected chi connectivity index (χ4v) is 3.08. The summed E-state index contributed by atoms with van der Waals surface area (Å²) in [4.78, 5) is 30.2. The molecule has 1 aromatic heterocycles. The Labute approximate surface area is 141 Å². The Morgan fingerprint density at radius 2 is 2.26 bits per heavy atom. The van der Waals surface area contributed by atoms with Crippen molar-refractivity contribution >= 4 is 33.7 Å². The molecule has 0 saturated carbocycles. The SMILES string of the molecule is CN(C)CC1(F)CC(C(=O)Nc2cccc(Br)n2)N(C(=O)O)C1. The molecular formula is C14H18BrFN4O3. The van der Waals surface area contributed by atoms with Gasteiger partial charge >= 0.3 is 6.09 Å². The van der Waals surface area contributed by atoms with Crippen molar-refractivity contribution in [3.05, 3.63) is 22.8 Å². The molecule has 1 fully saturated rings. The van der Waals surface area contributed by atoms with Crippen molar-refractivity contribution in [3.63, 3.8) is 0 Å². The molecule has 2 atom stereocenters. The number of anilines is 1. The zero-order chi connectivity index (χ0) is 17.2. The third-order valence-electron chi connectivity index (χ3n) is 3.50. The standard InChI is InChI=1S/C14H18BrFN4O3/c1-19(2)7-14(16)6-9(20(8-14)13(22)23)12(21)18-11-5-3-4-10(15)17-11/h3-5,9H,6-8H2,1-2H3,(H,22,23)(H,17,18,21). The molecule has 1 aliphatic rings. The van der Waals surface area contributed by atoms with E-state index in [2.05, 4.69) is 26.2 Å². The van der Waals surface area contributed by atoms with E-state index < -0.39 is 23.7 Å². The molecule has 23 heavy (non-hydrogen) atoms. The molecule has 2 unspecified atom stereocenters. The van der Waals surface area contributed by atoms with Crippen LogP contribution in [0.3, 0.4) is 0 Å². The van der Waals surface area contributed by atoms with Crippen LogP contribution in [0.1, 0.15) is 6.42 Å². The zero-order valence-electron chi connectivity index (χ0n) is 12.8. The number of hydrogen-bond acceptors (Lipinski definition) is 4. The molecule has 1 saturated heterocycles. The van der Waals surface area contributed by atoms with Crippen LogP contribution in [0.5, 0.6) is 0 Å². The number of nitrogens with zero attached hydrogens (tertiary/aromatic N) is 3. The second-order valence-corrected chi connectivity index (χ2v) is 6.67. The quantitative estimate of drug-likeness (QED) is 0.768. The summed E-state index contributed by atoms with van der Waals surface area (Å²) in [6.45, 7) is -0.278. The van der Waals surface area contributed by atoms with Gasteiger partial charge < -0.3 is 15.3 Å². The number of alkyl halides is 1. The number of hydrogen-bond donors (Lipinski definition) is 2. The molecule has 7 nitrogen and oxygen atoms in total. The molecule has 2 heterocycles. The van der Waals surface area contributed by atoms with Crippen LogP contribution in [0.25, 0.3) is 0 Å². The van der Waals surface area contributed by atoms with Crippen LogP contribution in [-0.4, -0.2) is 70.8 Å². The molecular weight excluding hydrogens is 371 g/mol. The van der Waals surface area contributed by atoms with E-state index in [1.54, 1.807) is 37.2 Å². The monoisotopic (exact) mass is 388 g/mol. The second-order valence-electron chi connectivity index (χ2n) is 5.85. The molecule has 0 spiro atoms. The molecule has 126 valence electrons. The highest BCUT2D eigenvalue weighted by Crippen LogP contribution is 2.32. The van der Waals surface area contributed by atoms with E-state index in [1.165, 1.54) is 0 Å². The lowest BCUT2D eigenvalue weighted by Crippen LogP contribution is -2.43. The Hall–Kier alpha value is -1.74. The van der Waals surface area contributed by atoms with Crippen molar-refractivity contribution in [2.24, 2.45) is 0 Å². The highest BCUT2D eigenvalue weighted by molar-refractivity contribution is 9.10. The van der Waals surface area contributed by atoms with Gasteiger partial charge in [-0.1, -0.05) is 6.07 Å². The predicted octanol–water partition coefficient (Wildman–Crippen LogP) is 1.80. The zero-order valence-corrected chi connectivity index (χ0v) is 14.4.